The molecule has 1 fully saturated rings. The van der Waals surface area contributed by atoms with Gasteiger partial charge in [-0.2, -0.15) is 0 Å². The maximum absolute atomic E-state index is 11.3. The predicted octanol–water partition coefficient (Wildman–Crippen LogP) is 1.57. The normalized spacial score (nSPS) is 21.7. The van der Waals surface area contributed by atoms with E-state index in [0.717, 1.165) is 29.4 Å². The Morgan fingerprint density at radius 3 is 2.84 bits per heavy atom. The van der Waals surface area contributed by atoms with Crippen molar-refractivity contribution >= 4 is 21.6 Å². The van der Waals surface area contributed by atoms with Gasteiger partial charge in [-0.05, 0) is 38.0 Å². The largest absolute Gasteiger partial charge is 0.312 e. The molecule has 1 N–H and O–H groups in total. The van der Waals surface area contributed by atoms with Crippen LogP contribution in [0.4, 0.5) is 0 Å². The van der Waals surface area contributed by atoms with Gasteiger partial charge in [-0.25, -0.2) is 13.4 Å². The Kier molecular flexibility index (Phi) is 4.86. The molecule has 0 spiro atoms. The van der Waals surface area contributed by atoms with Crippen molar-refractivity contribution in [3.63, 3.8) is 0 Å². The number of nitrogens with one attached hydrogen (secondary N) is 1. The van der Waals surface area contributed by atoms with Crippen LogP contribution in [-0.2, 0) is 9.84 Å². The Morgan fingerprint density at radius 1 is 1.42 bits per heavy atom. The topological polar surface area (TPSA) is 59.1 Å². The van der Waals surface area contributed by atoms with Gasteiger partial charge in [0, 0.05) is 24.0 Å². The van der Waals surface area contributed by atoms with Crippen LogP contribution in [0.1, 0.15) is 17.7 Å². The minimum Gasteiger partial charge on any atom is -0.312 e. The lowest BCUT2D eigenvalue weighted by Crippen LogP contribution is -2.31. The highest BCUT2D eigenvalue weighted by Gasteiger charge is 2.26. The van der Waals surface area contributed by atoms with Gasteiger partial charge >= 0.3 is 0 Å². The minimum atomic E-state index is -2.78. The minimum absolute atomic E-state index is 0.137. The number of pyridine rings is 1. The molecule has 0 aromatic carbocycles. The average Bonchev–Trinajstić information content (AvgIpc) is 2.63. The fraction of sp³-hybridized carbons (Fsp3) is 0.615. The van der Waals surface area contributed by atoms with Crippen molar-refractivity contribution in [2.75, 3.05) is 23.8 Å². The Bertz CT molecular complexity index is 523. The van der Waals surface area contributed by atoms with Crippen LogP contribution in [0.5, 0.6) is 0 Å². The molecule has 1 aliphatic rings. The molecule has 1 atom stereocenters. The van der Waals surface area contributed by atoms with Crippen LogP contribution in [-0.4, -0.2) is 43.2 Å². The van der Waals surface area contributed by atoms with Gasteiger partial charge in [0.1, 0.15) is 0 Å². The molecule has 1 saturated heterocycles. The van der Waals surface area contributed by atoms with Crippen molar-refractivity contribution in [1.29, 1.82) is 0 Å². The molecule has 1 unspecified atom stereocenters. The third-order valence-corrected chi connectivity index (χ3v) is 5.77. The third kappa shape index (κ3) is 4.78. The van der Waals surface area contributed by atoms with E-state index in [0.29, 0.717) is 11.5 Å². The number of aryl methyl sites for hydroxylation is 2. The summed E-state index contributed by atoms with van der Waals surface area (Å²) in [5.41, 5.74) is 2.27. The molecular formula is C13H20N2O2S2. The highest BCUT2D eigenvalue weighted by atomic mass is 32.2. The van der Waals surface area contributed by atoms with Crippen LogP contribution in [0.3, 0.4) is 0 Å². The van der Waals surface area contributed by atoms with E-state index in [1.165, 1.54) is 5.56 Å². The van der Waals surface area contributed by atoms with E-state index in [1.54, 1.807) is 11.8 Å². The molecule has 0 radical (unpaired) electrons. The summed E-state index contributed by atoms with van der Waals surface area (Å²) < 4.78 is 22.6. The van der Waals surface area contributed by atoms with E-state index in [-0.39, 0.29) is 6.04 Å². The summed E-state index contributed by atoms with van der Waals surface area (Å²) in [6.07, 6.45) is 0.745. The molecule has 0 saturated carbocycles. The van der Waals surface area contributed by atoms with Crippen molar-refractivity contribution < 1.29 is 8.42 Å². The molecule has 1 aliphatic heterocycles. The SMILES string of the molecule is Cc1cc(C)nc(SCCNC2CCS(=O)(=O)C2)c1. The summed E-state index contributed by atoms with van der Waals surface area (Å²) in [4.78, 5) is 4.47. The molecule has 0 amide bonds. The van der Waals surface area contributed by atoms with Gasteiger partial charge in [-0.3, -0.25) is 0 Å². The van der Waals surface area contributed by atoms with Gasteiger partial charge in [-0.15, -0.1) is 11.8 Å². The fourth-order valence-corrected chi connectivity index (χ4v) is 4.87. The number of hydrogen-bond donors (Lipinski definition) is 1. The first-order valence-electron chi connectivity index (χ1n) is 6.46. The highest BCUT2D eigenvalue weighted by Crippen LogP contribution is 2.17. The summed E-state index contributed by atoms with van der Waals surface area (Å²) >= 11 is 1.71. The van der Waals surface area contributed by atoms with Gasteiger partial charge in [0.2, 0.25) is 0 Å². The summed E-state index contributed by atoms with van der Waals surface area (Å²) in [5, 5.41) is 4.35. The van der Waals surface area contributed by atoms with Crippen LogP contribution in [0.25, 0.3) is 0 Å². The maximum atomic E-state index is 11.3. The van der Waals surface area contributed by atoms with Gasteiger partial charge < -0.3 is 5.32 Å². The van der Waals surface area contributed by atoms with E-state index in [4.69, 9.17) is 0 Å². The standard InChI is InChI=1S/C13H20N2O2S2/c1-10-7-11(2)15-13(8-10)18-5-4-14-12-3-6-19(16,17)9-12/h7-8,12,14H,3-6,9H2,1-2H3. The second kappa shape index (κ2) is 6.24. The monoisotopic (exact) mass is 300 g/mol. The van der Waals surface area contributed by atoms with Crippen LogP contribution >= 0.6 is 11.8 Å². The number of rotatable bonds is 5. The lowest BCUT2D eigenvalue weighted by atomic mass is 10.3. The zero-order valence-electron chi connectivity index (χ0n) is 11.3. The van der Waals surface area contributed by atoms with E-state index in [2.05, 4.69) is 29.4 Å². The first kappa shape index (κ1) is 14.8. The van der Waals surface area contributed by atoms with Crippen molar-refractivity contribution in [3.8, 4) is 0 Å². The first-order valence-corrected chi connectivity index (χ1v) is 9.27. The van der Waals surface area contributed by atoms with Crippen molar-refractivity contribution in [2.24, 2.45) is 0 Å². The molecule has 106 valence electrons. The Labute approximate surface area is 119 Å². The Hall–Kier alpha value is -0.590. The van der Waals surface area contributed by atoms with Gasteiger partial charge in [0.05, 0.1) is 16.5 Å². The molecule has 1 aromatic heterocycles. The molecule has 0 aliphatic carbocycles. The zero-order valence-corrected chi connectivity index (χ0v) is 13.0. The van der Waals surface area contributed by atoms with Crippen molar-refractivity contribution in [1.82, 2.24) is 10.3 Å². The smallest absolute Gasteiger partial charge is 0.151 e. The van der Waals surface area contributed by atoms with Crippen molar-refractivity contribution in [2.45, 2.75) is 31.3 Å². The van der Waals surface area contributed by atoms with Gasteiger partial charge in [0.15, 0.2) is 9.84 Å². The molecule has 2 rings (SSSR count). The van der Waals surface area contributed by atoms with Crippen LogP contribution in [0.2, 0.25) is 0 Å². The molecule has 19 heavy (non-hydrogen) atoms. The number of thioether (sulfide) groups is 1. The quantitative estimate of drug-likeness (QED) is 0.661. The molecule has 4 nitrogen and oxygen atoms in total. The second-order valence-electron chi connectivity index (χ2n) is 5.03. The van der Waals surface area contributed by atoms with E-state index in [9.17, 15) is 8.42 Å². The van der Waals surface area contributed by atoms with Crippen LogP contribution in [0, 0.1) is 13.8 Å². The maximum Gasteiger partial charge on any atom is 0.151 e. The lowest BCUT2D eigenvalue weighted by Gasteiger charge is -2.10. The fourth-order valence-electron chi connectivity index (χ4n) is 2.25. The third-order valence-electron chi connectivity index (χ3n) is 3.09. The Balaban J connectivity index is 1.72. The number of nitrogens with zero attached hydrogens (tertiary/aromatic N) is 1. The molecule has 2 heterocycles. The number of aromatic nitrogens is 1. The van der Waals surface area contributed by atoms with E-state index in [1.807, 2.05) is 6.92 Å². The molecule has 6 heteroatoms. The van der Waals surface area contributed by atoms with E-state index < -0.39 is 9.84 Å². The molecule has 0 bridgehead atoms. The summed E-state index contributed by atoms with van der Waals surface area (Å²) in [6.45, 7) is 4.89. The predicted molar refractivity (Wildman–Crippen MR) is 79.5 cm³/mol. The van der Waals surface area contributed by atoms with Crippen LogP contribution in [0.15, 0.2) is 17.2 Å². The second-order valence-corrected chi connectivity index (χ2v) is 8.37. The molecular weight excluding hydrogens is 280 g/mol. The average molecular weight is 300 g/mol. The Morgan fingerprint density at radius 2 is 2.21 bits per heavy atom. The van der Waals surface area contributed by atoms with Gasteiger partial charge in [0.25, 0.3) is 0 Å². The van der Waals surface area contributed by atoms with Gasteiger partial charge in [-0.1, -0.05) is 0 Å². The summed E-state index contributed by atoms with van der Waals surface area (Å²) in [5.74, 6) is 1.53. The highest BCUT2D eigenvalue weighted by molar-refractivity contribution is 7.99. The summed E-state index contributed by atoms with van der Waals surface area (Å²) in [7, 11) is -2.78. The lowest BCUT2D eigenvalue weighted by molar-refractivity contribution is 0.574. The number of hydrogen-bond acceptors (Lipinski definition) is 5. The summed E-state index contributed by atoms with van der Waals surface area (Å²) in [6, 6.07) is 4.28. The zero-order chi connectivity index (χ0) is 13.9. The number of sulfone groups is 1. The van der Waals surface area contributed by atoms with Crippen molar-refractivity contribution in [3.05, 3.63) is 23.4 Å². The first-order chi connectivity index (χ1) is 8.94. The molecule has 1 aromatic rings. The van der Waals surface area contributed by atoms with Crippen LogP contribution < -0.4 is 5.32 Å². The van der Waals surface area contributed by atoms with E-state index >= 15 is 0 Å².